The van der Waals surface area contributed by atoms with Gasteiger partial charge in [-0.2, -0.15) is 5.10 Å². The van der Waals surface area contributed by atoms with Gasteiger partial charge >= 0.3 is 0 Å². The molecule has 0 aliphatic carbocycles. The topological polar surface area (TPSA) is 72.8 Å². The lowest BCUT2D eigenvalue weighted by Gasteiger charge is -2.11. The van der Waals surface area contributed by atoms with E-state index in [4.69, 9.17) is 9.47 Å². The van der Waals surface area contributed by atoms with E-state index >= 15 is 0 Å². The molecule has 0 spiro atoms. The number of pyridine rings is 1. The van der Waals surface area contributed by atoms with Crippen molar-refractivity contribution in [2.24, 2.45) is 5.10 Å². The molecule has 138 valence electrons. The van der Waals surface area contributed by atoms with Crippen LogP contribution in [0.3, 0.4) is 0 Å². The highest BCUT2D eigenvalue weighted by Gasteiger charge is 2.08. The van der Waals surface area contributed by atoms with E-state index in [0.717, 1.165) is 16.5 Å². The fourth-order valence-corrected chi connectivity index (χ4v) is 2.56. The molecule has 1 aromatic heterocycles. The van der Waals surface area contributed by atoms with Crippen LogP contribution < -0.4 is 14.9 Å². The van der Waals surface area contributed by atoms with E-state index in [1.54, 1.807) is 12.3 Å². The van der Waals surface area contributed by atoms with Crippen molar-refractivity contribution in [2.45, 2.75) is 13.8 Å². The van der Waals surface area contributed by atoms with Crippen LogP contribution in [0.4, 0.5) is 0 Å². The van der Waals surface area contributed by atoms with Gasteiger partial charge in [-0.25, -0.2) is 10.4 Å². The van der Waals surface area contributed by atoms with Crippen molar-refractivity contribution < 1.29 is 14.3 Å². The number of hydrazone groups is 1. The zero-order chi connectivity index (χ0) is 19.1. The first-order valence-corrected chi connectivity index (χ1v) is 8.80. The summed E-state index contributed by atoms with van der Waals surface area (Å²) in [5.74, 6) is 0.958. The van der Waals surface area contributed by atoms with Crippen molar-refractivity contribution in [1.82, 2.24) is 10.4 Å². The van der Waals surface area contributed by atoms with Crippen molar-refractivity contribution in [3.05, 3.63) is 65.9 Å². The first kappa shape index (κ1) is 18.4. The predicted molar refractivity (Wildman–Crippen MR) is 106 cm³/mol. The second-order valence-electron chi connectivity index (χ2n) is 5.66. The average molecular weight is 363 g/mol. The van der Waals surface area contributed by atoms with Crippen LogP contribution in [0.2, 0.25) is 0 Å². The molecule has 0 unspecified atom stereocenters. The molecule has 0 saturated carbocycles. The fourth-order valence-electron chi connectivity index (χ4n) is 2.56. The van der Waals surface area contributed by atoms with Gasteiger partial charge in [-0.15, -0.1) is 0 Å². The lowest BCUT2D eigenvalue weighted by Crippen LogP contribution is -2.18. The molecular weight excluding hydrogens is 342 g/mol. The van der Waals surface area contributed by atoms with E-state index in [1.165, 1.54) is 0 Å². The Bertz CT molecular complexity index is 970. The molecule has 0 aliphatic heterocycles. The molecule has 0 radical (unpaired) electrons. The van der Waals surface area contributed by atoms with E-state index in [-0.39, 0.29) is 5.91 Å². The van der Waals surface area contributed by atoms with Crippen LogP contribution in [-0.4, -0.2) is 30.3 Å². The van der Waals surface area contributed by atoms with Gasteiger partial charge in [0.05, 0.1) is 24.9 Å². The van der Waals surface area contributed by atoms with Crippen LogP contribution in [-0.2, 0) is 0 Å². The number of rotatable bonds is 7. The van der Waals surface area contributed by atoms with Crippen molar-refractivity contribution in [2.75, 3.05) is 13.2 Å². The van der Waals surface area contributed by atoms with Gasteiger partial charge in [0, 0.05) is 5.39 Å². The Balaban J connectivity index is 1.70. The Labute approximate surface area is 157 Å². The molecule has 27 heavy (non-hydrogen) atoms. The highest BCUT2D eigenvalue weighted by molar-refractivity contribution is 5.95. The summed E-state index contributed by atoms with van der Waals surface area (Å²) in [4.78, 5) is 16.6. The minimum atomic E-state index is -0.368. The summed E-state index contributed by atoms with van der Waals surface area (Å²) in [5, 5.41) is 5.00. The van der Waals surface area contributed by atoms with Crippen LogP contribution in [0.25, 0.3) is 10.9 Å². The van der Waals surface area contributed by atoms with Gasteiger partial charge in [0.1, 0.15) is 5.69 Å². The van der Waals surface area contributed by atoms with Crippen LogP contribution in [0, 0.1) is 0 Å². The molecule has 0 fully saturated rings. The van der Waals surface area contributed by atoms with Crippen LogP contribution in [0.1, 0.15) is 29.9 Å². The third-order valence-electron chi connectivity index (χ3n) is 3.78. The highest BCUT2D eigenvalue weighted by Crippen LogP contribution is 2.27. The first-order valence-electron chi connectivity index (χ1n) is 8.80. The van der Waals surface area contributed by atoms with E-state index in [2.05, 4.69) is 15.5 Å². The predicted octanol–water partition coefficient (Wildman–Crippen LogP) is 3.80. The van der Waals surface area contributed by atoms with Crippen molar-refractivity contribution in [1.29, 1.82) is 0 Å². The lowest BCUT2D eigenvalue weighted by molar-refractivity contribution is 0.0950. The van der Waals surface area contributed by atoms with Crippen LogP contribution >= 0.6 is 0 Å². The van der Waals surface area contributed by atoms with E-state index in [9.17, 15) is 4.79 Å². The SMILES string of the molecule is CCOc1ccc(/C=N/NC(=O)c2ccc3ccccc3n2)cc1OCC. The lowest BCUT2D eigenvalue weighted by atomic mass is 10.2. The van der Waals surface area contributed by atoms with E-state index in [0.29, 0.717) is 30.4 Å². The second-order valence-corrected chi connectivity index (χ2v) is 5.66. The quantitative estimate of drug-likeness (QED) is 0.512. The zero-order valence-corrected chi connectivity index (χ0v) is 15.3. The molecule has 0 bridgehead atoms. The maximum Gasteiger partial charge on any atom is 0.289 e. The largest absolute Gasteiger partial charge is 0.490 e. The van der Waals surface area contributed by atoms with Crippen LogP contribution in [0.15, 0.2) is 59.7 Å². The monoisotopic (exact) mass is 363 g/mol. The van der Waals surface area contributed by atoms with Gasteiger partial charge in [-0.1, -0.05) is 24.3 Å². The third-order valence-corrected chi connectivity index (χ3v) is 3.78. The number of fused-ring (bicyclic) bond motifs is 1. The maximum atomic E-state index is 12.3. The number of benzene rings is 2. The van der Waals surface area contributed by atoms with Crippen LogP contribution in [0.5, 0.6) is 11.5 Å². The molecule has 3 rings (SSSR count). The number of para-hydroxylation sites is 1. The molecule has 0 atom stereocenters. The molecule has 6 heteroatoms. The zero-order valence-electron chi connectivity index (χ0n) is 15.3. The number of hydrogen-bond donors (Lipinski definition) is 1. The number of carbonyl (C=O) groups is 1. The molecule has 6 nitrogen and oxygen atoms in total. The fraction of sp³-hybridized carbons (Fsp3) is 0.190. The van der Waals surface area contributed by atoms with Crippen molar-refractivity contribution in [3.63, 3.8) is 0 Å². The Kier molecular flexibility index (Phi) is 5.99. The smallest absolute Gasteiger partial charge is 0.289 e. The standard InChI is InChI=1S/C21H21N3O3/c1-3-26-19-12-9-15(13-20(19)27-4-2)14-22-24-21(25)18-11-10-16-7-5-6-8-17(16)23-18/h5-14H,3-4H2,1-2H3,(H,24,25)/b22-14+. The summed E-state index contributed by atoms with van der Waals surface area (Å²) < 4.78 is 11.1. The summed E-state index contributed by atoms with van der Waals surface area (Å²) >= 11 is 0. The first-order chi connectivity index (χ1) is 13.2. The minimum Gasteiger partial charge on any atom is -0.490 e. The summed E-state index contributed by atoms with van der Waals surface area (Å²) in [6.07, 6.45) is 1.55. The molecule has 0 saturated heterocycles. The van der Waals surface area contributed by atoms with E-state index in [1.807, 2.05) is 62.4 Å². The van der Waals surface area contributed by atoms with Gasteiger partial charge in [-0.3, -0.25) is 4.79 Å². The molecular formula is C21H21N3O3. The number of amides is 1. The number of nitrogens with one attached hydrogen (secondary N) is 1. The number of nitrogens with zero attached hydrogens (tertiary/aromatic N) is 2. The summed E-state index contributed by atoms with van der Waals surface area (Å²) in [7, 11) is 0. The molecule has 3 aromatic rings. The van der Waals surface area contributed by atoms with Gasteiger partial charge < -0.3 is 9.47 Å². The van der Waals surface area contributed by atoms with Gasteiger partial charge in [0.2, 0.25) is 0 Å². The normalized spacial score (nSPS) is 10.9. The third kappa shape index (κ3) is 4.61. The number of aromatic nitrogens is 1. The maximum absolute atomic E-state index is 12.3. The molecule has 1 N–H and O–H groups in total. The number of hydrogen-bond acceptors (Lipinski definition) is 5. The average Bonchev–Trinajstić information content (AvgIpc) is 2.69. The summed E-state index contributed by atoms with van der Waals surface area (Å²) in [5.41, 5.74) is 4.36. The molecule has 1 heterocycles. The second kappa shape index (κ2) is 8.80. The summed E-state index contributed by atoms with van der Waals surface area (Å²) in [6, 6.07) is 16.7. The molecule has 0 aliphatic rings. The Hall–Kier alpha value is -3.41. The highest BCUT2D eigenvalue weighted by atomic mass is 16.5. The van der Waals surface area contributed by atoms with Gasteiger partial charge in [-0.05, 0) is 49.7 Å². The Morgan fingerprint density at radius 1 is 1.04 bits per heavy atom. The summed E-state index contributed by atoms with van der Waals surface area (Å²) in [6.45, 7) is 4.92. The van der Waals surface area contributed by atoms with Crippen molar-refractivity contribution in [3.8, 4) is 11.5 Å². The molecule has 1 amide bonds. The molecule has 2 aromatic carbocycles. The Morgan fingerprint density at radius 3 is 2.63 bits per heavy atom. The minimum absolute atomic E-state index is 0.313. The van der Waals surface area contributed by atoms with Gasteiger partial charge in [0.25, 0.3) is 5.91 Å². The van der Waals surface area contributed by atoms with Gasteiger partial charge in [0.15, 0.2) is 11.5 Å². The Morgan fingerprint density at radius 2 is 1.81 bits per heavy atom. The van der Waals surface area contributed by atoms with E-state index < -0.39 is 0 Å². The number of carbonyl (C=O) groups excluding carboxylic acids is 1. The van der Waals surface area contributed by atoms with Crippen molar-refractivity contribution >= 4 is 23.0 Å². The number of ether oxygens (including phenoxy) is 2.